The molecule has 0 aliphatic carbocycles. The van der Waals surface area contributed by atoms with Crippen LogP contribution < -0.4 is 5.32 Å². The van der Waals surface area contributed by atoms with Crippen molar-refractivity contribution in [3.8, 4) is 0 Å². The molecule has 2 unspecified atom stereocenters. The third-order valence-electron chi connectivity index (χ3n) is 3.77. The van der Waals surface area contributed by atoms with Gasteiger partial charge in [-0.15, -0.1) is 0 Å². The maximum atomic E-state index is 13.3. The second-order valence-electron chi connectivity index (χ2n) is 5.27. The molecule has 1 aromatic rings. The van der Waals surface area contributed by atoms with Crippen molar-refractivity contribution >= 4 is 23.4 Å². The lowest BCUT2D eigenvalue weighted by Gasteiger charge is -2.16. The largest absolute Gasteiger partial charge is 0.387 e. The molecule has 2 N–H and O–H groups in total. The highest BCUT2D eigenvalue weighted by Gasteiger charge is 2.33. The summed E-state index contributed by atoms with van der Waals surface area (Å²) in [6, 6.07) is 3.99. The predicted molar refractivity (Wildman–Crippen MR) is 79.7 cm³/mol. The van der Waals surface area contributed by atoms with Gasteiger partial charge in [-0.05, 0) is 24.6 Å². The number of aliphatic hydroxyl groups is 1. The summed E-state index contributed by atoms with van der Waals surface area (Å²) >= 11 is 5.58. The standard InChI is InChI=1S/C15H18ClFN2O3/c1-2-19-8-10(6-14(19)21)15(22)18-7-13(20)9-3-4-11(16)12(17)5-9/h3-5,10,13,20H,2,6-8H2,1H3,(H,18,22). The average Bonchev–Trinajstić information content (AvgIpc) is 2.88. The molecule has 0 saturated carbocycles. The highest BCUT2D eigenvalue weighted by molar-refractivity contribution is 6.30. The molecule has 0 radical (unpaired) electrons. The topological polar surface area (TPSA) is 69.6 Å². The molecule has 1 aliphatic rings. The van der Waals surface area contributed by atoms with Crippen molar-refractivity contribution in [3.05, 3.63) is 34.6 Å². The Hall–Kier alpha value is -1.66. The molecule has 2 atom stereocenters. The molecular weight excluding hydrogens is 311 g/mol. The number of carbonyl (C=O) groups excluding carboxylic acids is 2. The Morgan fingerprint density at radius 2 is 2.32 bits per heavy atom. The van der Waals surface area contributed by atoms with E-state index in [4.69, 9.17) is 11.6 Å². The molecule has 22 heavy (non-hydrogen) atoms. The fourth-order valence-corrected chi connectivity index (χ4v) is 2.55. The van der Waals surface area contributed by atoms with E-state index >= 15 is 0 Å². The number of likely N-dealkylation sites (tertiary alicyclic amines) is 1. The van der Waals surface area contributed by atoms with Crippen molar-refractivity contribution in [2.45, 2.75) is 19.4 Å². The summed E-state index contributed by atoms with van der Waals surface area (Å²) < 4.78 is 13.3. The Morgan fingerprint density at radius 3 is 2.91 bits per heavy atom. The molecular formula is C15H18ClFN2O3. The Balaban J connectivity index is 1.88. The first kappa shape index (κ1) is 16.7. The number of hydrogen-bond acceptors (Lipinski definition) is 3. The van der Waals surface area contributed by atoms with E-state index in [0.29, 0.717) is 18.7 Å². The number of hydrogen-bond donors (Lipinski definition) is 2. The first-order valence-electron chi connectivity index (χ1n) is 7.10. The molecule has 1 aromatic carbocycles. The van der Waals surface area contributed by atoms with Gasteiger partial charge in [0.1, 0.15) is 5.82 Å². The van der Waals surface area contributed by atoms with E-state index in [1.807, 2.05) is 6.92 Å². The molecule has 0 aromatic heterocycles. The molecule has 1 heterocycles. The minimum absolute atomic E-state index is 0.0240. The maximum absolute atomic E-state index is 13.3. The summed E-state index contributed by atoms with van der Waals surface area (Å²) in [7, 11) is 0. The number of benzene rings is 1. The summed E-state index contributed by atoms with van der Waals surface area (Å²) in [5.74, 6) is -1.34. The molecule has 1 aliphatic heterocycles. The van der Waals surface area contributed by atoms with Crippen LogP contribution in [0.4, 0.5) is 4.39 Å². The Bertz CT molecular complexity index is 582. The lowest BCUT2D eigenvalue weighted by Crippen LogP contribution is -2.35. The first-order valence-corrected chi connectivity index (χ1v) is 7.48. The second-order valence-corrected chi connectivity index (χ2v) is 5.68. The van der Waals surface area contributed by atoms with Gasteiger partial charge in [0.05, 0.1) is 17.0 Å². The van der Waals surface area contributed by atoms with Crippen LogP contribution in [0.5, 0.6) is 0 Å². The number of nitrogens with zero attached hydrogens (tertiary/aromatic N) is 1. The van der Waals surface area contributed by atoms with Crippen molar-refractivity contribution in [1.82, 2.24) is 10.2 Å². The van der Waals surface area contributed by atoms with Crippen LogP contribution in [-0.2, 0) is 9.59 Å². The summed E-state index contributed by atoms with van der Waals surface area (Å²) in [5.41, 5.74) is 0.333. The molecule has 2 amide bonds. The van der Waals surface area contributed by atoms with E-state index in [9.17, 15) is 19.1 Å². The van der Waals surface area contributed by atoms with Crippen molar-refractivity contribution in [3.63, 3.8) is 0 Å². The Labute approximate surface area is 133 Å². The van der Waals surface area contributed by atoms with E-state index in [-0.39, 0.29) is 29.8 Å². The molecule has 5 nitrogen and oxygen atoms in total. The van der Waals surface area contributed by atoms with Gasteiger partial charge in [-0.3, -0.25) is 9.59 Å². The molecule has 7 heteroatoms. The molecule has 1 fully saturated rings. The number of aliphatic hydroxyl groups excluding tert-OH is 1. The maximum Gasteiger partial charge on any atom is 0.225 e. The number of amides is 2. The second kappa shape index (κ2) is 7.07. The lowest BCUT2D eigenvalue weighted by molar-refractivity contribution is -0.129. The van der Waals surface area contributed by atoms with Crippen LogP contribution in [0.25, 0.3) is 0 Å². The van der Waals surface area contributed by atoms with Crippen LogP contribution in [0.1, 0.15) is 25.0 Å². The highest BCUT2D eigenvalue weighted by atomic mass is 35.5. The van der Waals surface area contributed by atoms with E-state index < -0.39 is 17.8 Å². The van der Waals surface area contributed by atoms with Gasteiger partial charge < -0.3 is 15.3 Å². The number of halogens is 2. The van der Waals surface area contributed by atoms with Gasteiger partial charge in [-0.2, -0.15) is 0 Å². The summed E-state index contributed by atoms with van der Waals surface area (Å²) in [6.07, 6.45) is -0.846. The van der Waals surface area contributed by atoms with Crippen molar-refractivity contribution in [2.75, 3.05) is 19.6 Å². The quantitative estimate of drug-likeness (QED) is 0.860. The van der Waals surface area contributed by atoms with E-state index in [0.717, 1.165) is 6.07 Å². The lowest BCUT2D eigenvalue weighted by atomic mass is 10.1. The summed E-state index contributed by atoms with van der Waals surface area (Å²) in [4.78, 5) is 25.2. The summed E-state index contributed by atoms with van der Waals surface area (Å²) in [5, 5.41) is 12.6. The van der Waals surface area contributed by atoms with Crippen LogP contribution >= 0.6 is 11.6 Å². The van der Waals surface area contributed by atoms with Gasteiger partial charge >= 0.3 is 0 Å². The van der Waals surface area contributed by atoms with Crippen LogP contribution in [-0.4, -0.2) is 41.5 Å². The molecule has 2 rings (SSSR count). The highest BCUT2D eigenvalue weighted by Crippen LogP contribution is 2.21. The van der Waals surface area contributed by atoms with E-state index in [1.54, 1.807) is 4.90 Å². The fraction of sp³-hybridized carbons (Fsp3) is 0.467. The smallest absolute Gasteiger partial charge is 0.225 e. The van der Waals surface area contributed by atoms with Crippen molar-refractivity contribution in [2.24, 2.45) is 5.92 Å². The van der Waals surface area contributed by atoms with Gasteiger partial charge in [-0.25, -0.2) is 4.39 Å². The van der Waals surface area contributed by atoms with E-state index in [1.165, 1.54) is 12.1 Å². The molecule has 1 saturated heterocycles. The Morgan fingerprint density at radius 1 is 1.59 bits per heavy atom. The van der Waals surface area contributed by atoms with Crippen molar-refractivity contribution < 1.29 is 19.1 Å². The zero-order valence-electron chi connectivity index (χ0n) is 12.2. The van der Waals surface area contributed by atoms with Gasteiger partial charge in [-0.1, -0.05) is 17.7 Å². The zero-order chi connectivity index (χ0) is 16.3. The monoisotopic (exact) mass is 328 g/mol. The number of rotatable bonds is 5. The number of carbonyl (C=O) groups is 2. The SMILES string of the molecule is CCN1CC(C(=O)NCC(O)c2ccc(Cl)c(F)c2)CC1=O. The van der Waals surface area contributed by atoms with Crippen LogP contribution in [0, 0.1) is 11.7 Å². The molecule has 0 spiro atoms. The average molecular weight is 329 g/mol. The van der Waals surface area contributed by atoms with E-state index in [2.05, 4.69) is 5.32 Å². The van der Waals surface area contributed by atoms with Gasteiger partial charge in [0.25, 0.3) is 0 Å². The Kier molecular flexibility index (Phi) is 5.37. The predicted octanol–water partition coefficient (Wildman–Crippen LogP) is 1.50. The third-order valence-corrected chi connectivity index (χ3v) is 4.07. The number of nitrogens with one attached hydrogen (secondary N) is 1. The summed E-state index contributed by atoms with van der Waals surface area (Å²) in [6.45, 7) is 2.79. The normalized spacial score (nSPS) is 19.4. The fourth-order valence-electron chi connectivity index (χ4n) is 2.43. The molecule has 120 valence electrons. The van der Waals surface area contributed by atoms with Gasteiger partial charge in [0, 0.05) is 26.1 Å². The van der Waals surface area contributed by atoms with Gasteiger partial charge in [0.15, 0.2) is 0 Å². The van der Waals surface area contributed by atoms with Crippen LogP contribution in [0.3, 0.4) is 0 Å². The van der Waals surface area contributed by atoms with Gasteiger partial charge in [0.2, 0.25) is 11.8 Å². The van der Waals surface area contributed by atoms with Crippen LogP contribution in [0.2, 0.25) is 5.02 Å². The first-order chi connectivity index (χ1) is 10.4. The van der Waals surface area contributed by atoms with Crippen molar-refractivity contribution in [1.29, 1.82) is 0 Å². The zero-order valence-corrected chi connectivity index (χ0v) is 12.9. The third kappa shape index (κ3) is 3.75. The molecule has 0 bridgehead atoms. The minimum Gasteiger partial charge on any atom is -0.387 e. The minimum atomic E-state index is -1.03. The van der Waals surface area contributed by atoms with Crippen LogP contribution in [0.15, 0.2) is 18.2 Å².